The second kappa shape index (κ2) is 6.48. The lowest BCUT2D eigenvalue weighted by atomic mass is 9.86. The van der Waals surface area contributed by atoms with Crippen molar-refractivity contribution in [1.29, 1.82) is 0 Å². The Labute approximate surface area is 168 Å². The smallest absolute Gasteiger partial charge is 0.233 e. The molecule has 1 unspecified atom stereocenters. The summed E-state index contributed by atoms with van der Waals surface area (Å²) in [5.74, 6) is 0.489. The average molecular weight is 393 g/mol. The zero-order chi connectivity index (χ0) is 20.1. The van der Waals surface area contributed by atoms with Crippen molar-refractivity contribution in [2.75, 3.05) is 0 Å². The summed E-state index contributed by atoms with van der Waals surface area (Å²) in [6, 6.07) is 5.11. The van der Waals surface area contributed by atoms with Gasteiger partial charge in [-0.3, -0.25) is 0 Å². The van der Waals surface area contributed by atoms with Gasteiger partial charge in [0.15, 0.2) is 0 Å². The molecule has 150 valence electrons. The quantitative estimate of drug-likeness (QED) is 0.694. The van der Waals surface area contributed by atoms with Crippen LogP contribution in [0.1, 0.15) is 39.5 Å². The van der Waals surface area contributed by atoms with Crippen molar-refractivity contribution >= 4 is 0 Å². The molecule has 5 rings (SSSR count). The van der Waals surface area contributed by atoms with Crippen LogP contribution in [0.5, 0.6) is 11.6 Å². The molecule has 0 spiro atoms. The van der Waals surface area contributed by atoms with E-state index in [0.29, 0.717) is 23.0 Å². The Morgan fingerprint density at radius 1 is 1.17 bits per heavy atom. The summed E-state index contributed by atoms with van der Waals surface area (Å²) in [5, 5.41) is 30.2. The van der Waals surface area contributed by atoms with Crippen LogP contribution >= 0.6 is 0 Å². The maximum Gasteiger partial charge on any atom is 0.233 e. The van der Waals surface area contributed by atoms with Crippen LogP contribution in [-0.4, -0.2) is 52.5 Å². The van der Waals surface area contributed by atoms with E-state index in [1.54, 1.807) is 36.8 Å². The molecule has 0 amide bonds. The number of aromatic nitrogens is 6. The highest BCUT2D eigenvalue weighted by atomic mass is 16.5. The van der Waals surface area contributed by atoms with Crippen molar-refractivity contribution in [3.63, 3.8) is 0 Å². The lowest BCUT2D eigenvalue weighted by Gasteiger charge is -2.41. The molecule has 0 radical (unpaired) electrons. The van der Waals surface area contributed by atoms with E-state index in [1.807, 2.05) is 0 Å². The molecular formula is C20H23N7O2. The van der Waals surface area contributed by atoms with Crippen LogP contribution in [0.2, 0.25) is 0 Å². The van der Waals surface area contributed by atoms with Crippen LogP contribution < -0.4 is 10.1 Å². The molecule has 2 N–H and O–H groups in total. The number of pyridine rings is 1. The van der Waals surface area contributed by atoms with Crippen molar-refractivity contribution < 1.29 is 9.84 Å². The van der Waals surface area contributed by atoms with Gasteiger partial charge in [0.2, 0.25) is 5.88 Å². The monoisotopic (exact) mass is 393 g/mol. The third kappa shape index (κ3) is 3.42. The first kappa shape index (κ1) is 18.0. The number of nitrogens with one attached hydrogen (secondary N) is 1. The van der Waals surface area contributed by atoms with Gasteiger partial charge >= 0.3 is 0 Å². The van der Waals surface area contributed by atoms with Crippen molar-refractivity contribution in [2.24, 2.45) is 0 Å². The summed E-state index contributed by atoms with van der Waals surface area (Å²) in [6.45, 7) is 4.53. The number of fused-ring (bicyclic) bond motifs is 2. The van der Waals surface area contributed by atoms with Gasteiger partial charge in [-0.1, -0.05) is 5.21 Å². The molecule has 9 nitrogen and oxygen atoms in total. The molecule has 3 aromatic rings. The predicted molar refractivity (Wildman–Crippen MR) is 105 cm³/mol. The van der Waals surface area contributed by atoms with Crippen molar-refractivity contribution in [2.45, 2.75) is 56.7 Å². The molecular weight excluding hydrogens is 370 g/mol. The highest BCUT2D eigenvalue weighted by molar-refractivity contribution is 5.63. The Morgan fingerprint density at radius 2 is 1.97 bits per heavy atom. The first-order valence-electron chi connectivity index (χ1n) is 9.77. The largest absolute Gasteiger partial charge is 0.506 e. The van der Waals surface area contributed by atoms with Crippen molar-refractivity contribution in [3.05, 3.63) is 36.8 Å². The van der Waals surface area contributed by atoms with Gasteiger partial charge in [0.05, 0.1) is 24.3 Å². The van der Waals surface area contributed by atoms with E-state index < -0.39 is 0 Å². The predicted octanol–water partition coefficient (Wildman–Crippen LogP) is 2.27. The molecule has 2 saturated heterocycles. The lowest BCUT2D eigenvalue weighted by Crippen LogP contribution is -2.56. The fourth-order valence-corrected chi connectivity index (χ4v) is 4.66. The number of ether oxygens (including phenoxy) is 1. The van der Waals surface area contributed by atoms with Gasteiger partial charge < -0.3 is 15.2 Å². The number of rotatable bonds is 4. The molecule has 2 fully saturated rings. The molecule has 0 aromatic carbocycles. The number of hydrogen-bond acceptors (Lipinski definition) is 8. The zero-order valence-electron chi connectivity index (χ0n) is 16.4. The zero-order valence-corrected chi connectivity index (χ0v) is 16.4. The first-order valence-corrected chi connectivity index (χ1v) is 9.77. The Hall–Kier alpha value is -3.07. The van der Waals surface area contributed by atoms with E-state index in [2.05, 4.69) is 44.7 Å². The van der Waals surface area contributed by atoms with Gasteiger partial charge in [0.1, 0.15) is 23.2 Å². The SMILES string of the molecule is CC12CC[C@@](C)(C[C@H](Oc3ccc(-c4ncc(-n5ccnn5)cc4O)nn3)C1)N2. The first-order chi connectivity index (χ1) is 13.9. The Morgan fingerprint density at radius 3 is 2.59 bits per heavy atom. The Bertz CT molecular complexity index is 1010. The lowest BCUT2D eigenvalue weighted by molar-refractivity contribution is 0.0754. The summed E-state index contributed by atoms with van der Waals surface area (Å²) >= 11 is 0. The maximum absolute atomic E-state index is 10.4. The number of hydrogen-bond donors (Lipinski definition) is 2. The van der Waals surface area contributed by atoms with Crippen LogP contribution in [0.15, 0.2) is 36.8 Å². The van der Waals surface area contributed by atoms with Gasteiger partial charge in [-0.25, -0.2) is 9.67 Å². The molecule has 2 aliphatic heterocycles. The third-order valence-electron chi connectivity index (χ3n) is 5.90. The summed E-state index contributed by atoms with van der Waals surface area (Å²) < 4.78 is 7.66. The molecule has 3 atom stereocenters. The molecule has 0 saturated carbocycles. The van der Waals surface area contributed by atoms with Crippen LogP contribution in [0.25, 0.3) is 17.1 Å². The Kier molecular flexibility index (Phi) is 4.02. The molecule has 29 heavy (non-hydrogen) atoms. The third-order valence-corrected chi connectivity index (χ3v) is 5.90. The van der Waals surface area contributed by atoms with Crippen molar-refractivity contribution in [1.82, 2.24) is 35.5 Å². The van der Waals surface area contributed by atoms with Gasteiger partial charge in [0, 0.05) is 36.1 Å². The van der Waals surface area contributed by atoms with Crippen LogP contribution in [0.3, 0.4) is 0 Å². The maximum atomic E-state index is 10.4. The topological polar surface area (TPSA) is 111 Å². The van der Waals surface area contributed by atoms with Crippen LogP contribution in [-0.2, 0) is 0 Å². The van der Waals surface area contributed by atoms with Gasteiger partial charge in [-0.05, 0) is 32.8 Å². The highest BCUT2D eigenvalue weighted by Crippen LogP contribution is 2.43. The minimum Gasteiger partial charge on any atom is -0.506 e. The fraction of sp³-hybridized carbons (Fsp3) is 0.450. The van der Waals surface area contributed by atoms with E-state index in [4.69, 9.17) is 4.74 Å². The second-order valence-corrected chi connectivity index (χ2v) is 8.56. The molecule has 0 aliphatic carbocycles. The summed E-state index contributed by atoms with van der Waals surface area (Å²) in [7, 11) is 0. The number of piperidine rings is 1. The van der Waals surface area contributed by atoms with E-state index in [0.717, 1.165) is 12.8 Å². The van der Waals surface area contributed by atoms with E-state index in [9.17, 15) is 5.11 Å². The molecule has 3 aromatic heterocycles. The van der Waals surface area contributed by atoms with Crippen LogP contribution in [0.4, 0.5) is 0 Å². The minimum absolute atomic E-state index is 0.00301. The van der Waals surface area contributed by atoms with Gasteiger partial charge in [0.25, 0.3) is 0 Å². The normalized spacial score (nSPS) is 28.4. The Balaban J connectivity index is 1.32. The van der Waals surface area contributed by atoms with E-state index in [-0.39, 0.29) is 22.9 Å². The highest BCUT2D eigenvalue weighted by Gasteiger charge is 2.49. The van der Waals surface area contributed by atoms with Gasteiger partial charge in [-0.2, -0.15) is 0 Å². The summed E-state index contributed by atoms with van der Waals surface area (Å²) in [5.41, 5.74) is 1.70. The summed E-state index contributed by atoms with van der Waals surface area (Å²) in [6.07, 6.45) is 9.20. The van der Waals surface area contributed by atoms with Crippen molar-refractivity contribution in [3.8, 4) is 28.7 Å². The standard InChI is InChI=1S/C20H23N7O2/c1-19-5-6-20(2,25-19)11-14(10-19)29-17-4-3-15(23-24-17)18-16(28)9-13(12-21-18)27-8-7-22-26-27/h3-4,7-9,12,14,25,28H,5-6,10-11H2,1-2H3/t14-,19-,20?/m0/s1. The van der Waals surface area contributed by atoms with Crippen LogP contribution in [0, 0.1) is 0 Å². The molecule has 2 bridgehead atoms. The number of nitrogens with zero attached hydrogens (tertiary/aromatic N) is 6. The number of aromatic hydroxyl groups is 1. The average Bonchev–Trinajstić information content (AvgIpc) is 3.28. The van der Waals surface area contributed by atoms with E-state index in [1.165, 1.54) is 17.5 Å². The molecule has 2 aliphatic rings. The van der Waals surface area contributed by atoms with Gasteiger partial charge in [-0.15, -0.1) is 15.3 Å². The second-order valence-electron chi connectivity index (χ2n) is 8.56. The molecule has 5 heterocycles. The fourth-order valence-electron chi connectivity index (χ4n) is 4.66. The minimum atomic E-state index is -0.00301. The van der Waals surface area contributed by atoms with E-state index >= 15 is 0 Å². The molecule has 9 heteroatoms. The summed E-state index contributed by atoms with van der Waals surface area (Å²) in [4.78, 5) is 4.31.